The van der Waals surface area contributed by atoms with Crippen molar-refractivity contribution in [1.29, 1.82) is 0 Å². The van der Waals surface area contributed by atoms with Crippen molar-refractivity contribution in [2.45, 2.75) is 19.4 Å². The minimum absolute atomic E-state index is 0.0247. The molecule has 0 aliphatic carbocycles. The molecule has 1 fully saturated rings. The Hall–Kier alpha value is -0.740. The monoisotopic (exact) mass is 284 g/mol. The first-order chi connectivity index (χ1) is 7.50. The molecule has 0 unspecified atom stereocenters. The summed E-state index contributed by atoms with van der Waals surface area (Å²) in [5, 5.41) is 0. The number of morpholine rings is 1. The zero-order valence-corrected chi connectivity index (χ0v) is 11.3. The van der Waals surface area contributed by atoms with Crippen LogP contribution >= 0.6 is 15.9 Å². The zero-order chi connectivity index (χ0) is 11.8. The number of rotatable bonds is 1. The maximum Gasteiger partial charge on any atom is 0.0694 e. The second-order valence-electron chi connectivity index (χ2n) is 4.73. The van der Waals surface area contributed by atoms with Gasteiger partial charge in [0.1, 0.15) is 0 Å². The molecular formula is C12H17BrN2O. The Balaban J connectivity index is 2.35. The maximum atomic E-state index is 5.75. The molecule has 1 aliphatic heterocycles. The van der Waals surface area contributed by atoms with E-state index in [-0.39, 0.29) is 5.54 Å². The number of ether oxygens (including phenoxy) is 1. The molecule has 0 spiro atoms. The van der Waals surface area contributed by atoms with Gasteiger partial charge in [0.15, 0.2) is 0 Å². The molecule has 0 saturated carbocycles. The summed E-state index contributed by atoms with van der Waals surface area (Å²) < 4.78 is 6.56. The number of hydrogen-bond acceptors (Lipinski definition) is 3. The van der Waals surface area contributed by atoms with Crippen LogP contribution in [-0.4, -0.2) is 25.3 Å². The smallest absolute Gasteiger partial charge is 0.0694 e. The molecule has 4 heteroatoms. The van der Waals surface area contributed by atoms with Gasteiger partial charge in [-0.05, 0) is 48.0 Å². The van der Waals surface area contributed by atoms with Gasteiger partial charge in [-0.1, -0.05) is 0 Å². The van der Waals surface area contributed by atoms with E-state index < -0.39 is 0 Å². The van der Waals surface area contributed by atoms with E-state index in [1.165, 1.54) is 5.69 Å². The summed E-state index contributed by atoms with van der Waals surface area (Å²) in [6, 6.07) is 5.94. The fourth-order valence-electron chi connectivity index (χ4n) is 2.05. The molecule has 88 valence electrons. The second-order valence-corrected chi connectivity index (χ2v) is 5.58. The highest BCUT2D eigenvalue weighted by Crippen LogP contribution is 2.34. The van der Waals surface area contributed by atoms with Gasteiger partial charge in [0.25, 0.3) is 0 Å². The van der Waals surface area contributed by atoms with Gasteiger partial charge >= 0.3 is 0 Å². The molecule has 1 heterocycles. The van der Waals surface area contributed by atoms with E-state index in [9.17, 15) is 0 Å². The molecule has 0 radical (unpaired) electrons. The van der Waals surface area contributed by atoms with Crippen LogP contribution in [0, 0.1) is 0 Å². The summed E-state index contributed by atoms with van der Waals surface area (Å²) in [6.07, 6.45) is 0. The zero-order valence-electron chi connectivity index (χ0n) is 9.66. The topological polar surface area (TPSA) is 38.5 Å². The van der Waals surface area contributed by atoms with E-state index in [1.807, 2.05) is 12.1 Å². The molecule has 1 aliphatic rings. The largest absolute Gasteiger partial charge is 0.399 e. The van der Waals surface area contributed by atoms with Crippen LogP contribution in [0.25, 0.3) is 0 Å². The minimum atomic E-state index is 0.0247. The Morgan fingerprint density at radius 3 is 2.81 bits per heavy atom. The van der Waals surface area contributed by atoms with Crippen LogP contribution in [-0.2, 0) is 4.74 Å². The Labute approximate surface area is 105 Å². The van der Waals surface area contributed by atoms with Gasteiger partial charge in [-0.3, -0.25) is 0 Å². The van der Waals surface area contributed by atoms with Gasteiger partial charge in [-0.2, -0.15) is 0 Å². The molecule has 0 bridgehead atoms. The van der Waals surface area contributed by atoms with E-state index in [4.69, 9.17) is 10.5 Å². The number of nitrogens with two attached hydrogens (primary N) is 1. The summed E-state index contributed by atoms with van der Waals surface area (Å²) >= 11 is 3.57. The molecule has 2 rings (SSSR count). The van der Waals surface area contributed by atoms with E-state index in [0.29, 0.717) is 0 Å². The average molecular weight is 285 g/mol. The average Bonchev–Trinajstić information content (AvgIpc) is 2.19. The summed E-state index contributed by atoms with van der Waals surface area (Å²) in [5.74, 6) is 0. The van der Waals surface area contributed by atoms with E-state index >= 15 is 0 Å². The quantitative estimate of drug-likeness (QED) is 0.806. The third-order valence-corrected chi connectivity index (χ3v) is 3.54. The highest BCUT2D eigenvalue weighted by atomic mass is 79.9. The van der Waals surface area contributed by atoms with Crippen molar-refractivity contribution in [1.82, 2.24) is 0 Å². The molecule has 2 N–H and O–H groups in total. The summed E-state index contributed by atoms with van der Waals surface area (Å²) in [5.41, 5.74) is 7.74. The Morgan fingerprint density at radius 1 is 1.44 bits per heavy atom. The van der Waals surface area contributed by atoms with Crippen molar-refractivity contribution < 1.29 is 4.74 Å². The van der Waals surface area contributed by atoms with Crippen LogP contribution in [0.4, 0.5) is 11.4 Å². The maximum absolute atomic E-state index is 5.75. The van der Waals surface area contributed by atoms with Gasteiger partial charge in [0.05, 0.1) is 24.4 Å². The summed E-state index contributed by atoms with van der Waals surface area (Å²) in [6.45, 7) is 6.82. The first-order valence-corrected chi connectivity index (χ1v) is 6.20. The third-order valence-electron chi connectivity index (χ3n) is 2.91. The van der Waals surface area contributed by atoms with Crippen LogP contribution in [0.1, 0.15) is 13.8 Å². The van der Waals surface area contributed by atoms with Gasteiger partial charge in [-0.25, -0.2) is 0 Å². The van der Waals surface area contributed by atoms with E-state index in [2.05, 4.69) is 40.7 Å². The Morgan fingerprint density at radius 2 is 2.19 bits per heavy atom. The molecule has 16 heavy (non-hydrogen) atoms. The molecule has 1 aromatic rings. The number of nitrogen functional groups attached to an aromatic ring is 1. The van der Waals surface area contributed by atoms with Crippen molar-refractivity contribution in [3.05, 3.63) is 22.7 Å². The number of benzene rings is 1. The molecule has 0 atom stereocenters. The molecule has 1 saturated heterocycles. The van der Waals surface area contributed by atoms with Gasteiger partial charge in [0.2, 0.25) is 0 Å². The van der Waals surface area contributed by atoms with Crippen LogP contribution in [0.5, 0.6) is 0 Å². The molecule has 3 nitrogen and oxygen atoms in total. The van der Waals surface area contributed by atoms with Crippen molar-refractivity contribution in [2.24, 2.45) is 0 Å². The predicted octanol–water partition coefficient (Wildman–Crippen LogP) is 2.65. The fourth-order valence-corrected chi connectivity index (χ4v) is 2.66. The SMILES string of the molecule is CC1(C)COCCN1c1ccc(N)cc1Br. The van der Waals surface area contributed by atoms with Crippen molar-refractivity contribution in [3.63, 3.8) is 0 Å². The third kappa shape index (κ3) is 2.18. The molecular weight excluding hydrogens is 268 g/mol. The Kier molecular flexibility index (Phi) is 3.13. The molecule has 1 aromatic carbocycles. The number of halogens is 1. The second kappa shape index (κ2) is 4.26. The van der Waals surface area contributed by atoms with Crippen LogP contribution < -0.4 is 10.6 Å². The summed E-state index contributed by atoms with van der Waals surface area (Å²) in [7, 11) is 0. The number of anilines is 2. The van der Waals surface area contributed by atoms with Crippen molar-refractivity contribution in [2.75, 3.05) is 30.4 Å². The minimum Gasteiger partial charge on any atom is -0.399 e. The van der Waals surface area contributed by atoms with Crippen LogP contribution in [0.15, 0.2) is 22.7 Å². The summed E-state index contributed by atoms with van der Waals surface area (Å²) in [4.78, 5) is 2.36. The number of nitrogens with zero attached hydrogens (tertiary/aromatic N) is 1. The highest BCUT2D eigenvalue weighted by Gasteiger charge is 2.31. The van der Waals surface area contributed by atoms with Gasteiger partial charge in [0, 0.05) is 16.7 Å². The fraction of sp³-hybridized carbons (Fsp3) is 0.500. The van der Waals surface area contributed by atoms with Gasteiger partial charge < -0.3 is 15.4 Å². The lowest BCUT2D eigenvalue weighted by molar-refractivity contribution is 0.0643. The molecule has 0 aromatic heterocycles. The predicted molar refractivity (Wildman–Crippen MR) is 70.8 cm³/mol. The first kappa shape index (κ1) is 11.7. The van der Waals surface area contributed by atoms with Crippen molar-refractivity contribution in [3.8, 4) is 0 Å². The van der Waals surface area contributed by atoms with Crippen molar-refractivity contribution >= 4 is 27.3 Å². The number of hydrogen-bond donors (Lipinski definition) is 1. The lowest BCUT2D eigenvalue weighted by atomic mass is 10.0. The standard InChI is InChI=1S/C12H17BrN2O/c1-12(2)8-16-6-5-15(12)11-4-3-9(14)7-10(11)13/h3-4,7H,5-6,8,14H2,1-2H3. The normalized spacial score (nSPS) is 19.8. The Bertz CT molecular complexity index is 393. The first-order valence-electron chi connectivity index (χ1n) is 5.41. The van der Waals surface area contributed by atoms with Crippen LogP contribution in [0.3, 0.4) is 0 Å². The lowest BCUT2D eigenvalue weighted by Gasteiger charge is -2.44. The van der Waals surface area contributed by atoms with Gasteiger partial charge in [-0.15, -0.1) is 0 Å². The molecule has 0 amide bonds. The highest BCUT2D eigenvalue weighted by molar-refractivity contribution is 9.10. The van der Waals surface area contributed by atoms with E-state index in [0.717, 1.165) is 29.9 Å². The lowest BCUT2D eigenvalue weighted by Crippen LogP contribution is -2.53. The van der Waals surface area contributed by atoms with Crippen LogP contribution in [0.2, 0.25) is 0 Å². The van der Waals surface area contributed by atoms with E-state index in [1.54, 1.807) is 0 Å².